The van der Waals surface area contributed by atoms with Gasteiger partial charge in [-0.15, -0.1) is 0 Å². The van der Waals surface area contributed by atoms with Gasteiger partial charge in [-0.05, 0) is 50.1 Å². The monoisotopic (exact) mass is 456 g/mol. The molecule has 1 aliphatic heterocycles. The summed E-state index contributed by atoms with van der Waals surface area (Å²) in [5.74, 6) is 1.63. The molecule has 0 N–H and O–H groups in total. The minimum Gasteiger partial charge on any atom is -0.352 e. The molecule has 0 atom stereocenters. The van der Waals surface area contributed by atoms with Crippen LogP contribution < -0.4 is 4.90 Å². The van der Waals surface area contributed by atoms with E-state index in [4.69, 9.17) is 15.1 Å². The van der Waals surface area contributed by atoms with Gasteiger partial charge in [0.2, 0.25) is 0 Å². The van der Waals surface area contributed by atoms with Gasteiger partial charge in [-0.1, -0.05) is 24.3 Å². The van der Waals surface area contributed by atoms with Crippen LogP contribution in [0.15, 0.2) is 54.6 Å². The summed E-state index contributed by atoms with van der Waals surface area (Å²) in [6.07, 6.45) is 2.22. The molecule has 172 valence electrons. The van der Waals surface area contributed by atoms with Crippen LogP contribution >= 0.6 is 0 Å². The van der Waals surface area contributed by atoms with Gasteiger partial charge in [-0.2, -0.15) is 5.10 Å². The second-order valence-electron chi connectivity index (χ2n) is 9.00. The number of piperazine rings is 1. The van der Waals surface area contributed by atoms with Crippen molar-refractivity contribution in [3.8, 4) is 5.69 Å². The Balaban J connectivity index is 1.33. The molecule has 0 unspecified atom stereocenters. The van der Waals surface area contributed by atoms with Crippen LogP contribution in [0, 0.1) is 12.7 Å². The standard InChI is InChI=1S/C26H25FN6O/c1-17-22-24(31-12-14-32(15-13-31)26(34)19-6-5-7-20(27)16-19)28-23(18-10-11-18)29-25(22)33(30-17)21-8-3-2-4-9-21/h2-9,16,18H,10-15H2,1H3. The van der Waals surface area contributed by atoms with Crippen molar-refractivity contribution in [2.24, 2.45) is 0 Å². The average molecular weight is 457 g/mol. The Kier molecular flexibility index (Phi) is 5.01. The third kappa shape index (κ3) is 3.69. The number of aromatic nitrogens is 4. The van der Waals surface area contributed by atoms with E-state index in [1.807, 2.05) is 41.9 Å². The summed E-state index contributed by atoms with van der Waals surface area (Å²) < 4.78 is 15.5. The van der Waals surface area contributed by atoms with Crippen molar-refractivity contribution in [1.29, 1.82) is 0 Å². The number of halogens is 1. The molecule has 1 saturated heterocycles. The number of carbonyl (C=O) groups excluding carboxylic acids is 1. The maximum Gasteiger partial charge on any atom is 0.254 e. The van der Waals surface area contributed by atoms with Crippen LogP contribution in [-0.4, -0.2) is 56.7 Å². The lowest BCUT2D eigenvalue weighted by Crippen LogP contribution is -2.49. The van der Waals surface area contributed by atoms with E-state index in [1.165, 1.54) is 12.1 Å². The number of hydrogen-bond acceptors (Lipinski definition) is 5. The first kappa shape index (κ1) is 20.8. The number of aryl methyl sites for hydroxylation is 1. The Morgan fingerprint density at radius 1 is 0.971 bits per heavy atom. The van der Waals surface area contributed by atoms with Crippen molar-refractivity contribution < 1.29 is 9.18 Å². The van der Waals surface area contributed by atoms with Gasteiger partial charge in [0.25, 0.3) is 5.91 Å². The number of anilines is 1. The van der Waals surface area contributed by atoms with Crippen LogP contribution in [0.25, 0.3) is 16.7 Å². The van der Waals surface area contributed by atoms with Gasteiger partial charge >= 0.3 is 0 Å². The molecule has 1 saturated carbocycles. The fraction of sp³-hybridized carbons (Fsp3) is 0.308. The SMILES string of the molecule is Cc1nn(-c2ccccc2)c2nc(C3CC3)nc(N3CCN(C(=O)c4cccc(F)c4)CC3)c12. The van der Waals surface area contributed by atoms with E-state index in [9.17, 15) is 9.18 Å². The number of para-hydroxylation sites is 1. The molecular formula is C26H25FN6O. The van der Waals surface area contributed by atoms with Gasteiger partial charge in [0.15, 0.2) is 5.65 Å². The molecule has 0 bridgehead atoms. The highest BCUT2D eigenvalue weighted by Gasteiger charge is 2.31. The number of fused-ring (bicyclic) bond motifs is 1. The number of rotatable bonds is 4. The molecule has 2 fully saturated rings. The summed E-state index contributed by atoms with van der Waals surface area (Å²) in [5.41, 5.74) is 3.06. The minimum atomic E-state index is -0.397. The van der Waals surface area contributed by atoms with E-state index in [-0.39, 0.29) is 5.91 Å². The average Bonchev–Trinajstić information content (AvgIpc) is 3.67. The second-order valence-corrected chi connectivity index (χ2v) is 9.00. The van der Waals surface area contributed by atoms with Gasteiger partial charge in [0.05, 0.1) is 16.8 Å². The quantitative estimate of drug-likeness (QED) is 0.463. The molecule has 2 aliphatic rings. The first-order chi connectivity index (χ1) is 16.6. The van der Waals surface area contributed by atoms with E-state index >= 15 is 0 Å². The van der Waals surface area contributed by atoms with Crippen LogP contribution in [-0.2, 0) is 0 Å². The zero-order valence-electron chi connectivity index (χ0n) is 19.0. The normalized spacial score (nSPS) is 16.3. The van der Waals surface area contributed by atoms with Crippen molar-refractivity contribution >= 4 is 22.8 Å². The highest BCUT2D eigenvalue weighted by Crippen LogP contribution is 2.40. The lowest BCUT2D eigenvalue weighted by atomic mass is 10.1. The summed E-state index contributed by atoms with van der Waals surface area (Å²) in [4.78, 5) is 26.8. The van der Waals surface area contributed by atoms with Gasteiger partial charge in [-0.25, -0.2) is 19.0 Å². The number of carbonyl (C=O) groups is 1. The Bertz CT molecular complexity index is 1370. The van der Waals surface area contributed by atoms with Crippen LogP contribution in [0.1, 0.15) is 40.6 Å². The smallest absolute Gasteiger partial charge is 0.254 e. The van der Waals surface area contributed by atoms with E-state index < -0.39 is 5.82 Å². The summed E-state index contributed by atoms with van der Waals surface area (Å²) in [5, 5.41) is 5.77. The van der Waals surface area contributed by atoms with Crippen LogP contribution in [0.4, 0.5) is 10.2 Å². The van der Waals surface area contributed by atoms with Crippen molar-refractivity contribution in [2.75, 3.05) is 31.1 Å². The largest absolute Gasteiger partial charge is 0.352 e. The van der Waals surface area contributed by atoms with Crippen LogP contribution in [0.2, 0.25) is 0 Å². The van der Waals surface area contributed by atoms with Crippen molar-refractivity contribution in [3.05, 3.63) is 77.5 Å². The van der Waals surface area contributed by atoms with Crippen molar-refractivity contribution in [2.45, 2.75) is 25.7 Å². The van der Waals surface area contributed by atoms with Crippen LogP contribution in [0.5, 0.6) is 0 Å². The lowest BCUT2D eigenvalue weighted by Gasteiger charge is -2.35. The first-order valence-corrected chi connectivity index (χ1v) is 11.7. The zero-order chi connectivity index (χ0) is 23.2. The van der Waals surface area contributed by atoms with Crippen molar-refractivity contribution in [1.82, 2.24) is 24.6 Å². The van der Waals surface area contributed by atoms with Crippen molar-refractivity contribution in [3.63, 3.8) is 0 Å². The molecule has 2 aromatic heterocycles. The molecule has 34 heavy (non-hydrogen) atoms. The zero-order valence-corrected chi connectivity index (χ0v) is 19.0. The molecule has 0 radical (unpaired) electrons. The molecule has 3 heterocycles. The van der Waals surface area contributed by atoms with E-state index in [0.29, 0.717) is 37.7 Å². The number of benzene rings is 2. The molecule has 4 aromatic rings. The van der Waals surface area contributed by atoms with Gasteiger partial charge in [0.1, 0.15) is 17.5 Å². The van der Waals surface area contributed by atoms with Gasteiger partial charge < -0.3 is 9.80 Å². The third-order valence-electron chi connectivity index (χ3n) is 6.58. The molecule has 8 heteroatoms. The fourth-order valence-electron chi connectivity index (χ4n) is 4.61. The topological polar surface area (TPSA) is 67.2 Å². The fourth-order valence-corrected chi connectivity index (χ4v) is 4.61. The molecule has 6 rings (SSSR count). The molecule has 0 spiro atoms. The molecule has 1 aliphatic carbocycles. The highest BCUT2D eigenvalue weighted by molar-refractivity contribution is 5.95. The summed E-state index contributed by atoms with van der Waals surface area (Å²) >= 11 is 0. The minimum absolute atomic E-state index is 0.140. The number of amides is 1. The first-order valence-electron chi connectivity index (χ1n) is 11.7. The maximum atomic E-state index is 13.6. The Morgan fingerprint density at radius 3 is 2.44 bits per heavy atom. The predicted molar refractivity (Wildman–Crippen MR) is 128 cm³/mol. The van der Waals surface area contributed by atoms with E-state index in [2.05, 4.69) is 4.90 Å². The molecule has 2 aromatic carbocycles. The number of hydrogen-bond donors (Lipinski definition) is 0. The summed E-state index contributed by atoms with van der Waals surface area (Å²) in [6.45, 7) is 4.38. The van der Waals surface area contributed by atoms with E-state index in [0.717, 1.165) is 46.9 Å². The van der Waals surface area contributed by atoms with Crippen LogP contribution in [0.3, 0.4) is 0 Å². The maximum absolute atomic E-state index is 13.6. The predicted octanol–water partition coefficient (Wildman–Crippen LogP) is 4.10. The Labute approximate surface area is 196 Å². The number of nitrogens with zero attached hydrogens (tertiary/aromatic N) is 6. The van der Waals surface area contributed by atoms with Gasteiger partial charge in [0, 0.05) is 37.7 Å². The molecule has 7 nitrogen and oxygen atoms in total. The van der Waals surface area contributed by atoms with Gasteiger partial charge in [-0.3, -0.25) is 4.79 Å². The second kappa shape index (κ2) is 8.20. The highest BCUT2D eigenvalue weighted by atomic mass is 19.1. The Morgan fingerprint density at radius 2 is 1.74 bits per heavy atom. The molecule has 1 amide bonds. The van der Waals surface area contributed by atoms with E-state index in [1.54, 1.807) is 17.0 Å². The molecular weight excluding hydrogens is 431 g/mol. The summed E-state index contributed by atoms with van der Waals surface area (Å²) in [7, 11) is 0. The lowest BCUT2D eigenvalue weighted by molar-refractivity contribution is 0.0746. The Hall–Kier alpha value is -3.81. The summed E-state index contributed by atoms with van der Waals surface area (Å²) in [6, 6.07) is 15.9. The third-order valence-corrected chi connectivity index (χ3v) is 6.58.